The Labute approximate surface area is 140 Å². The van der Waals surface area contributed by atoms with Crippen LogP contribution in [-0.4, -0.2) is 31.0 Å². The Morgan fingerprint density at radius 1 is 1.33 bits per heavy atom. The smallest absolute Gasteiger partial charge is 0.160 e. The second kappa shape index (κ2) is 6.24. The van der Waals surface area contributed by atoms with Crippen molar-refractivity contribution in [1.29, 1.82) is 0 Å². The molecule has 4 rings (SSSR count). The van der Waals surface area contributed by atoms with E-state index in [4.69, 9.17) is 4.52 Å². The topological polar surface area (TPSA) is 73.7 Å². The Bertz CT molecular complexity index is 804. The molecule has 0 bridgehead atoms. The first-order valence-corrected chi connectivity index (χ1v) is 8.42. The van der Waals surface area contributed by atoms with E-state index in [0.717, 1.165) is 49.0 Å². The summed E-state index contributed by atoms with van der Waals surface area (Å²) in [6, 6.07) is 4.14. The van der Waals surface area contributed by atoms with Gasteiger partial charge in [0.2, 0.25) is 0 Å². The van der Waals surface area contributed by atoms with E-state index in [-0.39, 0.29) is 0 Å². The van der Waals surface area contributed by atoms with Crippen LogP contribution in [0.5, 0.6) is 0 Å². The molecule has 7 heteroatoms. The van der Waals surface area contributed by atoms with E-state index >= 15 is 0 Å². The summed E-state index contributed by atoms with van der Waals surface area (Å²) < 4.78 is 9.55. The second-order valence-corrected chi connectivity index (χ2v) is 6.68. The Morgan fingerprint density at radius 2 is 2.25 bits per heavy atom. The third-order valence-electron chi connectivity index (χ3n) is 4.16. The van der Waals surface area contributed by atoms with Gasteiger partial charge in [-0.15, -0.1) is 0 Å². The van der Waals surface area contributed by atoms with Crippen molar-refractivity contribution >= 4 is 0 Å². The van der Waals surface area contributed by atoms with Crippen LogP contribution >= 0.6 is 0 Å². The van der Waals surface area contributed by atoms with Gasteiger partial charge < -0.3 is 14.4 Å². The zero-order valence-corrected chi connectivity index (χ0v) is 14.1. The number of nitrogens with zero attached hydrogens (tertiary/aromatic N) is 5. The molecule has 1 N–H and O–H groups in total. The first-order valence-electron chi connectivity index (χ1n) is 8.42. The van der Waals surface area contributed by atoms with Crippen molar-refractivity contribution < 1.29 is 4.52 Å². The molecule has 1 aliphatic rings. The first-order chi connectivity index (χ1) is 11.7. The molecule has 0 saturated carbocycles. The van der Waals surface area contributed by atoms with Gasteiger partial charge in [-0.1, -0.05) is 19.0 Å². The van der Waals surface area contributed by atoms with Gasteiger partial charge in [-0.3, -0.25) is 4.68 Å². The molecule has 1 aliphatic heterocycles. The molecule has 0 amide bonds. The Balaban J connectivity index is 1.56. The van der Waals surface area contributed by atoms with Crippen LogP contribution in [0, 0.1) is 5.92 Å². The lowest BCUT2D eigenvalue weighted by Gasteiger charge is -2.13. The fourth-order valence-electron chi connectivity index (χ4n) is 3.08. The summed E-state index contributed by atoms with van der Waals surface area (Å²) in [7, 11) is 0. The lowest BCUT2D eigenvalue weighted by Crippen LogP contribution is -2.28. The summed E-state index contributed by atoms with van der Waals surface area (Å²) >= 11 is 0. The van der Waals surface area contributed by atoms with Crippen molar-refractivity contribution in [2.75, 3.05) is 6.54 Å². The van der Waals surface area contributed by atoms with Crippen LogP contribution in [0.1, 0.15) is 31.0 Å². The number of imidazole rings is 1. The van der Waals surface area contributed by atoms with Crippen molar-refractivity contribution in [3.63, 3.8) is 0 Å². The van der Waals surface area contributed by atoms with Gasteiger partial charge in [-0.25, -0.2) is 4.98 Å². The molecule has 0 spiro atoms. The van der Waals surface area contributed by atoms with E-state index in [1.54, 1.807) is 6.20 Å². The Hall–Kier alpha value is -2.41. The Kier molecular flexibility index (Phi) is 3.93. The van der Waals surface area contributed by atoms with E-state index in [1.807, 2.05) is 12.3 Å². The average molecular weight is 326 g/mol. The lowest BCUT2D eigenvalue weighted by molar-refractivity contribution is 0.362. The molecule has 126 valence electrons. The van der Waals surface area contributed by atoms with Crippen LogP contribution < -0.4 is 5.32 Å². The minimum absolute atomic E-state index is 0.556. The molecule has 3 aromatic rings. The van der Waals surface area contributed by atoms with Gasteiger partial charge in [-0.2, -0.15) is 5.10 Å². The zero-order valence-electron chi connectivity index (χ0n) is 14.1. The second-order valence-electron chi connectivity index (χ2n) is 6.68. The van der Waals surface area contributed by atoms with Gasteiger partial charge in [0.05, 0.1) is 18.8 Å². The van der Waals surface area contributed by atoms with Crippen molar-refractivity contribution in [1.82, 2.24) is 29.8 Å². The summed E-state index contributed by atoms with van der Waals surface area (Å²) in [4.78, 5) is 4.49. The molecule has 0 atom stereocenters. The number of rotatable bonds is 5. The summed E-state index contributed by atoms with van der Waals surface area (Å²) in [5, 5.41) is 12.2. The quantitative estimate of drug-likeness (QED) is 0.777. The van der Waals surface area contributed by atoms with Crippen LogP contribution in [0.2, 0.25) is 0 Å². The predicted molar refractivity (Wildman–Crippen MR) is 89.3 cm³/mol. The van der Waals surface area contributed by atoms with Gasteiger partial charge in [0, 0.05) is 38.0 Å². The summed E-state index contributed by atoms with van der Waals surface area (Å²) in [6.45, 7) is 7.70. The average Bonchev–Trinajstić information content (AvgIpc) is 3.26. The summed E-state index contributed by atoms with van der Waals surface area (Å²) in [5.41, 5.74) is 3.02. The zero-order chi connectivity index (χ0) is 16.5. The molecular formula is C17H22N6O. The number of nitrogens with one attached hydrogen (secondary N) is 1. The maximum atomic E-state index is 5.42. The number of fused-ring (bicyclic) bond motifs is 1. The van der Waals surface area contributed by atoms with E-state index < -0.39 is 0 Å². The standard InChI is InChI=1S/C17H22N6O/c1-12(2)7-15-8-13(21-24-15)11-22-5-4-19-17(22)16-9-14-10-18-3-6-23(14)20-16/h4-5,8-9,12,18H,3,6-7,10-11H2,1-2H3. The molecule has 0 fully saturated rings. The SMILES string of the molecule is CC(C)Cc1cc(Cn2ccnc2-c2cc3n(n2)CCNC3)no1. The Morgan fingerprint density at radius 3 is 3.08 bits per heavy atom. The first kappa shape index (κ1) is 15.1. The van der Waals surface area contributed by atoms with Crippen molar-refractivity contribution in [2.45, 2.75) is 39.9 Å². The molecule has 4 heterocycles. The monoisotopic (exact) mass is 326 g/mol. The summed E-state index contributed by atoms with van der Waals surface area (Å²) in [6.07, 6.45) is 4.67. The molecule has 0 unspecified atom stereocenters. The van der Waals surface area contributed by atoms with Crippen molar-refractivity contribution in [2.24, 2.45) is 5.92 Å². The van der Waals surface area contributed by atoms with E-state index in [1.165, 1.54) is 5.69 Å². The number of hydrogen-bond donors (Lipinski definition) is 1. The molecule has 0 aromatic carbocycles. The van der Waals surface area contributed by atoms with Crippen LogP contribution in [0.4, 0.5) is 0 Å². The maximum absolute atomic E-state index is 5.42. The molecule has 0 saturated heterocycles. The third kappa shape index (κ3) is 2.99. The minimum Gasteiger partial charge on any atom is -0.361 e. The molecule has 0 radical (unpaired) electrons. The van der Waals surface area contributed by atoms with Crippen LogP contribution in [0.15, 0.2) is 29.0 Å². The van der Waals surface area contributed by atoms with Gasteiger partial charge in [0.25, 0.3) is 0 Å². The van der Waals surface area contributed by atoms with Crippen LogP contribution in [-0.2, 0) is 26.1 Å². The van der Waals surface area contributed by atoms with Gasteiger partial charge in [0.15, 0.2) is 5.82 Å². The van der Waals surface area contributed by atoms with Crippen LogP contribution in [0.25, 0.3) is 11.5 Å². The molecule has 0 aliphatic carbocycles. The van der Waals surface area contributed by atoms with Crippen LogP contribution in [0.3, 0.4) is 0 Å². The van der Waals surface area contributed by atoms with Gasteiger partial charge in [-0.05, 0) is 12.0 Å². The third-order valence-corrected chi connectivity index (χ3v) is 4.16. The number of aromatic nitrogens is 5. The highest BCUT2D eigenvalue weighted by molar-refractivity contribution is 5.50. The molecule has 3 aromatic heterocycles. The van der Waals surface area contributed by atoms with E-state index in [9.17, 15) is 0 Å². The maximum Gasteiger partial charge on any atom is 0.160 e. The summed E-state index contributed by atoms with van der Waals surface area (Å²) in [5.74, 6) is 2.36. The van der Waals surface area contributed by atoms with Gasteiger partial charge in [0.1, 0.15) is 17.1 Å². The minimum atomic E-state index is 0.556. The predicted octanol–water partition coefficient (Wildman–Crippen LogP) is 2.08. The normalized spacial score (nSPS) is 14.3. The highest BCUT2D eigenvalue weighted by Crippen LogP contribution is 2.20. The highest BCUT2D eigenvalue weighted by atomic mass is 16.5. The molecule has 24 heavy (non-hydrogen) atoms. The van der Waals surface area contributed by atoms with E-state index in [0.29, 0.717) is 12.5 Å². The fourth-order valence-corrected chi connectivity index (χ4v) is 3.08. The number of hydrogen-bond acceptors (Lipinski definition) is 5. The molecular weight excluding hydrogens is 304 g/mol. The molecule has 7 nitrogen and oxygen atoms in total. The highest BCUT2D eigenvalue weighted by Gasteiger charge is 2.17. The fraction of sp³-hybridized carbons (Fsp3) is 0.471. The van der Waals surface area contributed by atoms with Crippen molar-refractivity contribution in [3.05, 3.63) is 41.7 Å². The van der Waals surface area contributed by atoms with Crippen molar-refractivity contribution in [3.8, 4) is 11.5 Å². The van der Waals surface area contributed by atoms with Gasteiger partial charge >= 0.3 is 0 Å². The van der Waals surface area contributed by atoms with E-state index in [2.05, 4.69) is 49.7 Å². The lowest BCUT2D eigenvalue weighted by atomic mass is 10.1. The largest absolute Gasteiger partial charge is 0.361 e.